The molecular weight excluding hydrogens is 264 g/mol. The summed E-state index contributed by atoms with van der Waals surface area (Å²) < 4.78 is 5.36. The van der Waals surface area contributed by atoms with Crippen LogP contribution in [0.5, 0.6) is 5.75 Å². The highest BCUT2D eigenvalue weighted by Gasteiger charge is 2.05. The molecule has 0 saturated heterocycles. The van der Waals surface area contributed by atoms with Gasteiger partial charge in [0.1, 0.15) is 23.2 Å². The van der Waals surface area contributed by atoms with E-state index in [1.54, 1.807) is 7.11 Å². The maximum atomic E-state index is 5.36. The first kappa shape index (κ1) is 15.1. The molecule has 0 atom stereocenters. The van der Waals surface area contributed by atoms with Crippen molar-refractivity contribution in [3.63, 3.8) is 0 Å². The Morgan fingerprint density at radius 3 is 2.43 bits per heavy atom. The highest BCUT2D eigenvalue weighted by Crippen LogP contribution is 2.19. The molecule has 2 rings (SSSR count). The average molecular weight is 286 g/mol. The molecule has 1 aromatic carbocycles. The first-order valence-electron chi connectivity index (χ1n) is 7.24. The van der Waals surface area contributed by atoms with Crippen molar-refractivity contribution in [1.82, 2.24) is 9.97 Å². The van der Waals surface area contributed by atoms with Crippen molar-refractivity contribution in [1.29, 1.82) is 0 Å². The van der Waals surface area contributed by atoms with Gasteiger partial charge in [0, 0.05) is 31.1 Å². The fourth-order valence-electron chi connectivity index (χ4n) is 2.05. The number of hydrogen-bond acceptors (Lipinski definition) is 5. The van der Waals surface area contributed by atoms with E-state index < -0.39 is 0 Å². The van der Waals surface area contributed by atoms with Gasteiger partial charge in [-0.3, -0.25) is 0 Å². The lowest BCUT2D eigenvalue weighted by molar-refractivity contribution is 0.410. The van der Waals surface area contributed by atoms with Crippen molar-refractivity contribution in [3.05, 3.63) is 41.7 Å². The Morgan fingerprint density at radius 2 is 1.76 bits per heavy atom. The Hall–Kier alpha value is -2.30. The summed E-state index contributed by atoms with van der Waals surface area (Å²) in [6.07, 6.45) is 0.808. The summed E-state index contributed by atoms with van der Waals surface area (Å²) in [5.74, 6) is 3.38. The second kappa shape index (κ2) is 7.47. The van der Waals surface area contributed by atoms with Crippen molar-refractivity contribution in [3.8, 4) is 5.75 Å². The number of rotatable bonds is 7. The van der Waals surface area contributed by atoms with E-state index in [0.29, 0.717) is 6.54 Å². The minimum absolute atomic E-state index is 0.662. The van der Waals surface area contributed by atoms with Crippen LogP contribution in [0, 0.1) is 0 Å². The molecule has 0 aliphatic carbocycles. The van der Waals surface area contributed by atoms with E-state index in [-0.39, 0.29) is 0 Å². The van der Waals surface area contributed by atoms with E-state index >= 15 is 0 Å². The smallest absolute Gasteiger partial charge is 0.132 e. The van der Waals surface area contributed by atoms with Crippen LogP contribution in [0.25, 0.3) is 0 Å². The molecule has 1 heterocycles. The molecule has 0 radical (unpaired) electrons. The standard InChI is InChI=1S/C16H22N4O/c1-4-14-19-15(17-5-2)10-16(20-14)18-11-12-8-6-7-9-13(12)21-3/h6-10H,4-5,11H2,1-3H3,(H2,17,18,19,20). The zero-order valence-electron chi connectivity index (χ0n) is 12.8. The van der Waals surface area contributed by atoms with Crippen molar-refractivity contribution < 1.29 is 4.74 Å². The quantitative estimate of drug-likeness (QED) is 0.819. The Kier molecular flexibility index (Phi) is 5.37. The summed E-state index contributed by atoms with van der Waals surface area (Å²) in [5, 5.41) is 6.57. The van der Waals surface area contributed by atoms with Crippen LogP contribution in [0.4, 0.5) is 11.6 Å². The maximum absolute atomic E-state index is 5.36. The van der Waals surface area contributed by atoms with Crippen LogP contribution >= 0.6 is 0 Å². The molecule has 21 heavy (non-hydrogen) atoms. The molecule has 0 unspecified atom stereocenters. The third-order valence-electron chi connectivity index (χ3n) is 3.10. The fourth-order valence-corrected chi connectivity index (χ4v) is 2.05. The summed E-state index contributed by atoms with van der Waals surface area (Å²) in [6.45, 7) is 5.60. The SMILES string of the molecule is CCNc1cc(NCc2ccccc2OC)nc(CC)n1. The summed E-state index contributed by atoms with van der Waals surface area (Å²) >= 11 is 0. The van der Waals surface area contributed by atoms with Crippen LogP contribution in [-0.4, -0.2) is 23.6 Å². The number of aryl methyl sites for hydroxylation is 1. The molecule has 0 fully saturated rings. The number of nitrogens with one attached hydrogen (secondary N) is 2. The van der Waals surface area contributed by atoms with Crippen LogP contribution in [-0.2, 0) is 13.0 Å². The summed E-state index contributed by atoms with van der Waals surface area (Å²) in [4.78, 5) is 8.95. The van der Waals surface area contributed by atoms with E-state index in [1.807, 2.05) is 30.3 Å². The number of benzene rings is 1. The summed E-state index contributed by atoms with van der Waals surface area (Å²) in [6, 6.07) is 9.89. The van der Waals surface area contributed by atoms with Crippen LogP contribution in [0.2, 0.25) is 0 Å². The number of methoxy groups -OCH3 is 1. The van der Waals surface area contributed by atoms with Gasteiger partial charge < -0.3 is 15.4 Å². The summed E-state index contributed by atoms with van der Waals surface area (Å²) in [5.41, 5.74) is 1.10. The molecule has 0 aliphatic heterocycles. The third kappa shape index (κ3) is 4.08. The first-order chi connectivity index (χ1) is 10.3. The molecule has 0 aliphatic rings. The molecule has 0 amide bonds. The highest BCUT2D eigenvalue weighted by molar-refractivity contribution is 5.48. The van der Waals surface area contributed by atoms with Crippen molar-refractivity contribution in [2.24, 2.45) is 0 Å². The Balaban J connectivity index is 2.13. The number of anilines is 2. The molecule has 0 bridgehead atoms. The highest BCUT2D eigenvalue weighted by atomic mass is 16.5. The number of aromatic nitrogens is 2. The molecule has 5 nitrogen and oxygen atoms in total. The van der Waals surface area contributed by atoms with E-state index in [2.05, 4.69) is 34.4 Å². The minimum Gasteiger partial charge on any atom is -0.496 e. The van der Waals surface area contributed by atoms with Crippen LogP contribution in [0.15, 0.2) is 30.3 Å². The Bertz CT molecular complexity index is 586. The second-order valence-electron chi connectivity index (χ2n) is 4.60. The topological polar surface area (TPSA) is 59.1 Å². The molecular formula is C16H22N4O. The van der Waals surface area contributed by atoms with Gasteiger partial charge in [-0.2, -0.15) is 0 Å². The maximum Gasteiger partial charge on any atom is 0.132 e. The van der Waals surface area contributed by atoms with Gasteiger partial charge in [-0.1, -0.05) is 25.1 Å². The third-order valence-corrected chi connectivity index (χ3v) is 3.10. The Labute approximate surface area is 125 Å². The number of ether oxygens (including phenoxy) is 1. The molecule has 1 aromatic heterocycles. The van der Waals surface area contributed by atoms with Gasteiger partial charge >= 0.3 is 0 Å². The van der Waals surface area contributed by atoms with Gasteiger partial charge in [0.2, 0.25) is 0 Å². The zero-order chi connectivity index (χ0) is 15.1. The fraction of sp³-hybridized carbons (Fsp3) is 0.375. The molecule has 112 valence electrons. The van der Waals surface area contributed by atoms with E-state index in [1.165, 1.54) is 0 Å². The van der Waals surface area contributed by atoms with E-state index in [4.69, 9.17) is 4.74 Å². The normalized spacial score (nSPS) is 10.2. The lowest BCUT2D eigenvalue weighted by atomic mass is 10.2. The van der Waals surface area contributed by atoms with Crippen molar-refractivity contribution >= 4 is 11.6 Å². The van der Waals surface area contributed by atoms with Crippen LogP contribution in [0.1, 0.15) is 25.2 Å². The molecule has 0 saturated carbocycles. The Morgan fingerprint density at radius 1 is 1.05 bits per heavy atom. The van der Waals surface area contributed by atoms with Gasteiger partial charge in [0.15, 0.2) is 0 Å². The lowest BCUT2D eigenvalue weighted by Crippen LogP contribution is -2.08. The molecule has 0 spiro atoms. The number of hydrogen-bond donors (Lipinski definition) is 2. The van der Waals surface area contributed by atoms with Gasteiger partial charge in [-0.25, -0.2) is 9.97 Å². The monoisotopic (exact) mass is 286 g/mol. The molecule has 2 N–H and O–H groups in total. The molecule has 5 heteroatoms. The first-order valence-corrected chi connectivity index (χ1v) is 7.24. The van der Waals surface area contributed by atoms with Crippen molar-refractivity contribution in [2.45, 2.75) is 26.8 Å². The van der Waals surface area contributed by atoms with Gasteiger partial charge in [-0.15, -0.1) is 0 Å². The largest absolute Gasteiger partial charge is 0.496 e. The van der Waals surface area contributed by atoms with Crippen molar-refractivity contribution in [2.75, 3.05) is 24.3 Å². The van der Waals surface area contributed by atoms with Crippen LogP contribution in [0.3, 0.4) is 0 Å². The van der Waals surface area contributed by atoms with E-state index in [9.17, 15) is 0 Å². The number of nitrogens with zero attached hydrogens (tertiary/aromatic N) is 2. The average Bonchev–Trinajstić information content (AvgIpc) is 2.53. The van der Waals surface area contributed by atoms with Gasteiger partial charge in [-0.05, 0) is 13.0 Å². The predicted octanol–water partition coefficient (Wildman–Crippen LogP) is 3.09. The zero-order valence-corrected chi connectivity index (χ0v) is 12.8. The molecule has 2 aromatic rings. The van der Waals surface area contributed by atoms with Gasteiger partial charge in [0.25, 0.3) is 0 Å². The number of para-hydroxylation sites is 1. The van der Waals surface area contributed by atoms with Gasteiger partial charge in [0.05, 0.1) is 7.11 Å². The lowest BCUT2D eigenvalue weighted by Gasteiger charge is -2.12. The second-order valence-corrected chi connectivity index (χ2v) is 4.60. The summed E-state index contributed by atoms with van der Waals surface area (Å²) in [7, 11) is 1.68. The predicted molar refractivity (Wildman–Crippen MR) is 85.9 cm³/mol. The minimum atomic E-state index is 0.662. The van der Waals surface area contributed by atoms with Crippen LogP contribution < -0.4 is 15.4 Å². The van der Waals surface area contributed by atoms with E-state index in [0.717, 1.165) is 41.7 Å².